The topological polar surface area (TPSA) is 41.3 Å². The third-order valence-corrected chi connectivity index (χ3v) is 4.08. The average Bonchev–Trinajstić information content (AvgIpc) is 2.45. The second-order valence-corrected chi connectivity index (χ2v) is 5.56. The molecule has 1 fully saturated rings. The largest absolute Gasteiger partial charge is 0.418 e. The minimum Gasteiger partial charge on any atom is -0.399 e. The third-order valence-electron chi connectivity index (χ3n) is 4.08. The Balaban J connectivity index is 1.97. The SMILES string of the molecule is CCN1CCC(CNc2ccc(N)cc2C(F)(F)F)CC1. The molecule has 0 bridgehead atoms. The van der Waals surface area contributed by atoms with Gasteiger partial charge in [-0.1, -0.05) is 6.92 Å². The minimum absolute atomic E-state index is 0.120. The van der Waals surface area contributed by atoms with Gasteiger partial charge in [0.15, 0.2) is 0 Å². The van der Waals surface area contributed by atoms with E-state index in [9.17, 15) is 13.2 Å². The summed E-state index contributed by atoms with van der Waals surface area (Å²) >= 11 is 0. The summed E-state index contributed by atoms with van der Waals surface area (Å²) in [6.07, 6.45) is -2.34. The lowest BCUT2D eigenvalue weighted by Crippen LogP contribution is -2.35. The number of hydrogen-bond donors (Lipinski definition) is 2. The molecule has 6 heteroatoms. The number of nitrogens with zero attached hydrogens (tertiary/aromatic N) is 1. The Hall–Kier alpha value is -1.43. The van der Waals surface area contributed by atoms with Crippen molar-refractivity contribution in [2.24, 2.45) is 5.92 Å². The standard InChI is InChI=1S/C15H22F3N3/c1-2-21-7-5-11(6-8-21)10-20-14-4-3-12(19)9-13(14)15(16,17)18/h3-4,9,11,20H,2,5-8,10,19H2,1H3. The number of likely N-dealkylation sites (tertiary alicyclic amines) is 1. The molecule has 0 unspecified atom stereocenters. The fraction of sp³-hybridized carbons (Fsp3) is 0.600. The molecule has 118 valence electrons. The number of nitrogens with two attached hydrogens (primary N) is 1. The number of alkyl halides is 3. The maximum Gasteiger partial charge on any atom is 0.418 e. The first kappa shape index (κ1) is 15.9. The zero-order chi connectivity index (χ0) is 15.5. The molecule has 0 radical (unpaired) electrons. The molecular weight excluding hydrogens is 279 g/mol. The molecule has 1 heterocycles. The third kappa shape index (κ3) is 4.27. The number of hydrogen-bond acceptors (Lipinski definition) is 3. The van der Waals surface area contributed by atoms with Crippen LogP contribution in [0, 0.1) is 5.92 Å². The van der Waals surface area contributed by atoms with E-state index in [0.717, 1.165) is 38.5 Å². The molecule has 1 aliphatic rings. The van der Waals surface area contributed by atoms with E-state index in [2.05, 4.69) is 17.1 Å². The summed E-state index contributed by atoms with van der Waals surface area (Å²) in [4.78, 5) is 2.36. The van der Waals surface area contributed by atoms with Crippen molar-refractivity contribution in [3.63, 3.8) is 0 Å². The van der Waals surface area contributed by atoms with Crippen LogP contribution in [0.2, 0.25) is 0 Å². The summed E-state index contributed by atoms with van der Waals surface area (Å²) in [5.74, 6) is 0.423. The van der Waals surface area contributed by atoms with E-state index in [1.807, 2.05) is 0 Å². The normalized spacial score (nSPS) is 17.9. The van der Waals surface area contributed by atoms with Gasteiger partial charge in [-0.3, -0.25) is 0 Å². The van der Waals surface area contributed by atoms with Gasteiger partial charge in [-0.2, -0.15) is 13.2 Å². The summed E-state index contributed by atoms with van der Waals surface area (Å²) in [6.45, 7) is 5.79. The number of nitrogens with one attached hydrogen (secondary N) is 1. The van der Waals surface area contributed by atoms with Crippen LogP contribution in [0.1, 0.15) is 25.3 Å². The number of rotatable bonds is 4. The van der Waals surface area contributed by atoms with Gasteiger partial charge < -0.3 is 16.0 Å². The zero-order valence-corrected chi connectivity index (χ0v) is 12.2. The van der Waals surface area contributed by atoms with Crippen LogP contribution in [-0.4, -0.2) is 31.1 Å². The second-order valence-electron chi connectivity index (χ2n) is 5.56. The number of nitrogen functional groups attached to an aromatic ring is 1. The van der Waals surface area contributed by atoms with Crippen molar-refractivity contribution in [3.8, 4) is 0 Å². The summed E-state index contributed by atoms with van der Waals surface area (Å²) in [5.41, 5.74) is 5.02. The highest BCUT2D eigenvalue weighted by Crippen LogP contribution is 2.36. The van der Waals surface area contributed by atoms with E-state index in [-0.39, 0.29) is 11.4 Å². The van der Waals surface area contributed by atoms with Crippen molar-refractivity contribution in [2.75, 3.05) is 37.2 Å². The van der Waals surface area contributed by atoms with E-state index < -0.39 is 11.7 Å². The molecule has 3 N–H and O–H groups in total. The van der Waals surface area contributed by atoms with Gasteiger partial charge in [-0.25, -0.2) is 0 Å². The lowest BCUT2D eigenvalue weighted by Gasteiger charge is -2.31. The Kier molecular flexibility index (Phi) is 4.98. The van der Waals surface area contributed by atoms with Crippen LogP contribution in [0.5, 0.6) is 0 Å². The number of benzene rings is 1. The predicted molar refractivity (Wildman–Crippen MR) is 79.2 cm³/mol. The van der Waals surface area contributed by atoms with Crippen molar-refractivity contribution in [2.45, 2.75) is 25.9 Å². The molecule has 2 rings (SSSR count). The molecule has 1 saturated heterocycles. The lowest BCUT2D eigenvalue weighted by atomic mass is 9.96. The quantitative estimate of drug-likeness (QED) is 0.837. The first-order chi connectivity index (χ1) is 9.90. The van der Waals surface area contributed by atoms with Crippen LogP contribution in [0.4, 0.5) is 24.5 Å². The van der Waals surface area contributed by atoms with Gasteiger partial charge in [0, 0.05) is 17.9 Å². The predicted octanol–water partition coefficient (Wildman–Crippen LogP) is 3.43. The van der Waals surface area contributed by atoms with Crippen LogP contribution in [0.3, 0.4) is 0 Å². The Labute approximate surface area is 123 Å². The Morgan fingerprint density at radius 3 is 2.52 bits per heavy atom. The Morgan fingerprint density at radius 2 is 1.95 bits per heavy atom. The van der Waals surface area contributed by atoms with E-state index >= 15 is 0 Å². The van der Waals surface area contributed by atoms with Crippen LogP contribution < -0.4 is 11.1 Å². The Morgan fingerprint density at radius 1 is 1.29 bits per heavy atom. The molecular formula is C15H22F3N3. The fourth-order valence-electron chi connectivity index (χ4n) is 2.71. The maximum atomic E-state index is 13.0. The van der Waals surface area contributed by atoms with Gasteiger partial charge in [0.05, 0.1) is 5.56 Å². The first-order valence-corrected chi connectivity index (χ1v) is 7.33. The van der Waals surface area contributed by atoms with E-state index in [1.165, 1.54) is 12.1 Å². The highest BCUT2D eigenvalue weighted by Gasteiger charge is 2.33. The average molecular weight is 301 g/mol. The van der Waals surface area contributed by atoms with Gasteiger partial charge in [0.25, 0.3) is 0 Å². The van der Waals surface area contributed by atoms with Gasteiger partial charge >= 0.3 is 6.18 Å². The maximum absolute atomic E-state index is 13.0. The molecule has 21 heavy (non-hydrogen) atoms. The zero-order valence-electron chi connectivity index (χ0n) is 12.2. The molecule has 1 aliphatic heterocycles. The van der Waals surface area contributed by atoms with E-state index in [4.69, 9.17) is 5.73 Å². The lowest BCUT2D eigenvalue weighted by molar-refractivity contribution is -0.136. The Bertz CT molecular complexity index is 466. The van der Waals surface area contributed by atoms with Crippen molar-refractivity contribution < 1.29 is 13.2 Å². The molecule has 1 aromatic rings. The molecule has 0 saturated carbocycles. The van der Waals surface area contributed by atoms with Gasteiger partial charge in [-0.15, -0.1) is 0 Å². The van der Waals surface area contributed by atoms with Crippen molar-refractivity contribution in [1.29, 1.82) is 0 Å². The summed E-state index contributed by atoms with van der Waals surface area (Å²) in [6, 6.07) is 3.90. The molecule has 0 aromatic heterocycles. The van der Waals surface area contributed by atoms with Crippen LogP contribution >= 0.6 is 0 Å². The molecule has 0 aliphatic carbocycles. The number of anilines is 2. The van der Waals surface area contributed by atoms with Crippen molar-refractivity contribution in [1.82, 2.24) is 4.90 Å². The van der Waals surface area contributed by atoms with Crippen molar-refractivity contribution >= 4 is 11.4 Å². The highest BCUT2D eigenvalue weighted by molar-refractivity contribution is 5.59. The van der Waals surface area contributed by atoms with Gasteiger partial charge in [0.1, 0.15) is 0 Å². The van der Waals surface area contributed by atoms with Crippen LogP contribution in [0.25, 0.3) is 0 Å². The molecule has 0 spiro atoms. The molecule has 1 aromatic carbocycles. The van der Waals surface area contributed by atoms with Gasteiger partial charge in [-0.05, 0) is 56.6 Å². The summed E-state index contributed by atoms with van der Waals surface area (Å²) in [5, 5.41) is 2.96. The molecule has 3 nitrogen and oxygen atoms in total. The van der Waals surface area contributed by atoms with Crippen LogP contribution in [-0.2, 0) is 6.18 Å². The molecule has 0 atom stereocenters. The van der Waals surface area contributed by atoms with E-state index in [0.29, 0.717) is 12.5 Å². The second kappa shape index (κ2) is 6.56. The fourth-order valence-corrected chi connectivity index (χ4v) is 2.71. The van der Waals surface area contributed by atoms with Gasteiger partial charge in [0.2, 0.25) is 0 Å². The number of halogens is 3. The number of piperidine rings is 1. The minimum atomic E-state index is -4.39. The monoisotopic (exact) mass is 301 g/mol. The first-order valence-electron chi connectivity index (χ1n) is 7.33. The van der Waals surface area contributed by atoms with Crippen LogP contribution in [0.15, 0.2) is 18.2 Å². The summed E-state index contributed by atoms with van der Waals surface area (Å²) in [7, 11) is 0. The smallest absolute Gasteiger partial charge is 0.399 e. The highest BCUT2D eigenvalue weighted by atomic mass is 19.4. The van der Waals surface area contributed by atoms with E-state index in [1.54, 1.807) is 0 Å². The summed E-state index contributed by atoms with van der Waals surface area (Å²) < 4.78 is 39.0. The van der Waals surface area contributed by atoms with Crippen molar-refractivity contribution in [3.05, 3.63) is 23.8 Å². The molecule has 0 amide bonds.